The highest BCUT2D eigenvalue weighted by atomic mass is 127. The third-order valence-electron chi connectivity index (χ3n) is 4.38. The number of carbonyl (C=O) groups is 2. The smallest absolute Gasteiger partial charge is 0.343 e. The first-order chi connectivity index (χ1) is 15.4. The molecule has 0 fully saturated rings. The Labute approximate surface area is 198 Å². The molecule has 3 rings (SSSR count). The molecule has 0 unspecified atom stereocenters. The van der Waals surface area contributed by atoms with Gasteiger partial charge in [-0.2, -0.15) is 5.10 Å². The third-order valence-corrected chi connectivity index (χ3v) is 5.18. The average molecular weight is 548 g/mol. The molecule has 3 aromatic rings. The second-order valence-electron chi connectivity index (χ2n) is 6.54. The Morgan fingerprint density at radius 1 is 1.12 bits per heavy atom. The molecule has 0 aliphatic carbocycles. The van der Waals surface area contributed by atoms with Gasteiger partial charge in [-0.3, -0.25) is 4.79 Å². The summed E-state index contributed by atoms with van der Waals surface area (Å²) >= 11 is 2.06. The number of carbonyl (C=O) groups excluding carboxylic acids is 2. The molecule has 0 saturated carbocycles. The number of rotatable bonds is 8. The van der Waals surface area contributed by atoms with E-state index in [1.165, 1.54) is 19.4 Å². The number of nitrogens with zero attached hydrogens (tertiary/aromatic N) is 1. The van der Waals surface area contributed by atoms with Crippen molar-refractivity contribution < 1.29 is 28.9 Å². The summed E-state index contributed by atoms with van der Waals surface area (Å²) in [5, 5.41) is 15.8. The number of aromatic hydroxyl groups is 1. The molecule has 0 bridgehead atoms. The fourth-order valence-corrected chi connectivity index (χ4v) is 3.67. The van der Waals surface area contributed by atoms with Crippen molar-refractivity contribution in [2.45, 2.75) is 6.92 Å². The van der Waals surface area contributed by atoms with Crippen molar-refractivity contribution >= 4 is 51.5 Å². The normalized spacial score (nSPS) is 10.8. The number of esters is 1. The Bertz CT molecular complexity index is 1180. The Kier molecular flexibility index (Phi) is 7.87. The number of ether oxygens (including phenoxy) is 3. The summed E-state index contributed by atoms with van der Waals surface area (Å²) in [4.78, 5) is 23.9. The topological polar surface area (TPSA) is 106 Å². The van der Waals surface area contributed by atoms with Gasteiger partial charge in [0.15, 0.2) is 18.1 Å². The molecular formula is C23H21IN2O6. The summed E-state index contributed by atoms with van der Waals surface area (Å²) in [5.74, 6) is -0.323. The molecule has 0 radical (unpaired) electrons. The lowest BCUT2D eigenvalue weighted by Crippen LogP contribution is -2.17. The summed E-state index contributed by atoms with van der Waals surface area (Å²) in [7, 11) is 1.28. The van der Waals surface area contributed by atoms with Crippen molar-refractivity contribution in [3.05, 3.63) is 63.2 Å². The van der Waals surface area contributed by atoms with Crippen LogP contribution in [0.3, 0.4) is 0 Å². The minimum absolute atomic E-state index is 0.122. The summed E-state index contributed by atoms with van der Waals surface area (Å²) in [5.41, 5.74) is 3.19. The van der Waals surface area contributed by atoms with Crippen LogP contribution in [0, 0.1) is 3.57 Å². The fourth-order valence-electron chi connectivity index (χ4n) is 2.89. The first kappa shape index (κ1) is 23.3. The Balaban J connectivity index is 1.76. The summed E-state index contributed by atoms with van der Waals surface area (Å²) < 4.78 is 16.4. The predicted molar refractivity (Wildman–Crippen MR) is 129 cm³/mol. The monoisotopic (exact) mass is 548 g/mol. The van der Waals surface area contributed by atoms with Gasteiger partial charge in [0, 0.05) is 0 Å². The number of fused-ring (bicyclic) bond motifs is 1. The molecule has 166 valence electrons. The predicted octanol–water partition coefficient (Wildman–Crippen LogP) is 3.86. The number of methoxy groups -OCH3 is 1. The second kappa shape index (κ2) is 10.8. The van der Waals surface area contributed by atoms with Crippen LogP contribution in [0.1, 0.15) is 22.8 Å². The first-order valence-electron chi connectivity index (χ1n) is 9.64. The van der Waals surface area contributed by atoms with E-state index in [4.69, 9.17) is 9.47 Å². The van der Waals surface area contributed by atoms with E-state index in [0.717, 1.165) is 10.8 Å². The van der Waals surface area contributed by atoms with Crippen molar-refractivity contribution in [3.8, 4) is 17.2 Å². The molecule has 0 heterocycles. The van der Waals surface area contributed by atoms with Gasteiger partial charge < -0.3 is 19.3 Å². The van der Waals surface area contributed by atoms with E-state index < -0.39 is 11.9 Å². The van der Waals surface area contributed by atoms with Gasteiger partial charge in [-0.25, -0.2) is 10.2 Å². The van der Waals surface area contributed by atoms with E-state index in [9.17, 15) is 14.7 Å². The van der Waals surface area contributed by atoms with Gasteiger partial charge in [0.1, 0.15) is 5.75 Å². The van der Waals surface area contributed by atoms with E-state index >= 15 is 0 Å². The Morgan fingerprint density at radius 3 is 2.53 bits per heavy atom. The van der Waals surface area contributed by atoms with Crippen LogP contribution in [0.5, 0.6) is 17.2 Å². The number of hydrogen-bond donors (Lipinski definition) is 2. The largest absolute Gasteiger partial charge is 0.507 e. The third kappa shape index (κ3) is 5.67. The number of amides is 1. The molecule has 0 aromatic heterocycles. The number of hydrazone groups is 1. The summed E-state index contributed by atoms with van der Waals surface area (Å²) in [6.45, 7) is 1.97. The van der Waals surface area contributed by atoms with Crippen molar-refractivity contribution in [2.75, 3.05) is 20.3 Å². The molecule has 0 spiro atoms. The molecule has 3 aromatic carbocycles. The number of halogens is 1. The van der Waals surface area contributed by atoms with Crippen LogP contribution >= 0.6 is 22.6 Å². The van der Waals surface area contributed by atoms with Gasteiger partial charge in [-0.15, -0.1) is 0 Å². The van der Waals surface area contributed by atoms with Crippen molar-refractivity contribution in [1.29, 1.82) is 0 Å². The minimum atomic E-state index is -0.540. The van der Waals surface area contributed by atoms with Crippen molar-refractivity contribution in [2.24, 2.45) is 5.10 Å². The lowest BCUT2D eigenvalue weighted by atomic mass is 10.1. The second-order valence-corrected chi connectivity index (χ2v) is 7.71. The van der Waals surface area contributed by atoms with Gasteiger partial charge >= 0.3 is 5.97 Å². The van der Waals surface area contributed by atoms with Crippen molar-refractivity contribution in [1.82, 2.24) is 5.43 Å². The SMILES string of the molecule is CCOc1cc(C=NNC(=O)c2cc3ccccc3cc2O)cc(I)c1OCC(=O)OC. The minimum Gasteiger partial charge on any atom is -0.507 e. The number of nitrogens with one attached hydrogen (secondary N) is 1. The first-order valence-corrected chi connectivity index (χ1v) is 10.7. The fraction of sp³-hybridized carbons (Fsp3) is 0.174. The molecule has 0 aliphatic rings. The molecule has 1 amide bonds. The molecule has 0 atom stereocenters. The van der Waals surface area contributed by atoms with Gasteiger partial charge in [-0.05, 0) is 70.1 Å². The zero-order valence-electron chi connectivity index (χ0n) is 17.4. The zero-order valence-corrected chi connectivity index (χ0v) is 19.6. The highest BCUT2D eigenvalue weighted by Crippen LogP contribution is 2.34. The standard InChI is InChI=1S/C23H21IN2O6/c1-3-31-20-9-14(8-18(24)22(20)32-13-21(28)30-2)12-25-26-23(29)17-10-15-6-4-5-7-16(15)11-19(17)27/h4-12,27H,3,13H2,1-2H3,(H,26,29). The van der Waals surface area contributed by atoms with Crippen LogP contribution in [0.25, 0.3) is 10.8 Å². The van der Waals surface area contributed by atoms with Crippen LogP contribution in [0.4, 0.5) is 0 Å². The number of benzene rings is 3. The van der Waals surface area contributed by atoms with Crippen LogP contribution in [-0.4, -0.2) is 43.5 Å². The molecular weight excluding hydrogens is 527 g/mol. The van der Waals surface area contributed by atoms with E-state index in [1.54, 1.807) is 18.2 Å². The van der Waals surface area contributed by atoms with Crippen molar-refractivity contribution in [3.63, 3.8) is 0 Å². The molecule has 2 N–H and O–H groups in total. The van der Waals surface area contributed by atoms with E-state index in [1.807, 2.05) is 31.2 Å². The maximum absolute atomic E-state index is 12.5. The van der Waals surface area contributed by atoms with Crippen LogP contribution < -0.4 is 14.9 Å². The maximum Gasteiger partial charge on any atom is 0.343 e. The molecule has 0 aliphatic heterocycles. The van der Waals surface area contributed by atoms with Gasteiger partial charge in [0.25, 0.3) is 5.91 Å². The van der Waals surface area contributed by atoms with Crippen LogP contribution in [0.15, 0.2) is 53.6 Å². The van der Waals surface area contributed by atoms with Crippen LogP contribution in [0.2, 0.25) is 0 Å². The highest BCUT2D eigenvalue weighted by Gasteiger charge is 2.15. The van der Waals surface area contributed by atoms with E-state index in [0.29, 0.717) is 27.2 Å². The van der Waals surface area contributed by atoms with E-state index in [-0.39, 0.29) is 17.9 Å². The quantitative estimate of drug-likeness (QED) is 0.192. The highest BCUT2D eigenvalue weighted by molar-refractivity contribution is 14.1. The van der Waals surface area contributed by atoms with E-state index in [2.05, 4.69) is 37.9 Å². The Morgan fingerprint density at radius 2 is 1.84 bits per heavy atom. The average Bonchev–Trinajstić information content (AvgIpc) is 2.78. The lowest BCUT2D eigenvalue weighted by molar-refractivity contribution is -0.142. The number of hydrogen-bond acceptors (Lipinski definition) is 7. The van der Waals surface area contributed by atoms with Gasteiger partial charge in [0.2, 0.25) is 0 Å². The van der Waals surface area contributed by atoms with Crippen LogP contribution in [-0.2, 0) is 9.53 Å². The molecule has 9 heteroatoms. The molecule has 8 nitrogen and oxygen atoms in total. The summed E-state index contributed by atoms with van der Waals surface area (Å²) in [6, 6.07) is 14.0. The molecule has 32 heavy (non-hydrogen) atoms. The number of phenolic OH excluding ortho intramolecular Hbond substituents is 1. The Hall–Kier alpha value is -3.34. The molecule has 0 saturated heterocycles. The number of phenols is 1. The maximum atomic E-state index is 12.5. The van der Waals surface area contributed by atoms with Gasteiger partial charge in [0.05, 0.1) is 29.1 Å². The lowest BCUT2D eigenvalue weighted by Gasteiger charge is -2.14. The zero-order chi connectivity index (χ0) is 23.1. The van der Waals surface area contributed by atoms with Gasteiger partial charge in [-0.1, -0.05) is 24.3 Å². The summed E-state index contributed by atoms with van der Waals surface area (Å²) in [6.07, 6.45) is 1.45.